The molecule has 1 heterocycles. The van der Waals surface area contributed by atoms with Crippen LogP contribution in [0.15, 0.2) is 18.2 Å². The molecule has 3 N–H and O–H groups in total. The van der Waals surface area contributed by atoms with E-state index in [1.165, 1.54) is 0 Å². The first-order valence-corrected chi connectivity index (χ1v) is 6.72. The number of nitrogens with two attached hydrogens (primary N) is 1. The highest BCUT2D eigenvalue weighted by molar-refractivity contribution is 5.95. The molecular weight excluding hydrogens is 256 g/mol. The Morgan fingerprint density at radius 3 is 2.40 bits per heavy atom. The lowest BCUT2D eigenvalue weighted by Gasteiger charge is -2.36. The second-order valence-corrected chi connectivity index (χ2v) is 5.73. The van der Waals surface area contributed by atoms with E-state index in [0.29, 0.717) is 37.2 Å². The van der Waals surface area contributed by atoms with Crippen LogP contribution in [0.4, 0.5) is 5.69 Å². The van der Waals surface area contributed by atoms with Crippen LogP contribution in [0, 0.1) is 12.3 Å². The Kier molecular flexibility index (Phi) is 3.70. The van der Waals surface area contributed by atoms with Crippen molar-refractivity contribution >= 4 is 17.6 Å². The Balaban J connectivity index is 2.08. The van der Waals surface area contributed by atoms with Crippen molar-refractivity contribution in [2.24, 2.45) is 5.41 Å². The number of aliphatic carboxylic acids is 1. The van der Waals surface area contributed by atoms with E-state index in [-0.39, 0.29) is 5.91 Å². The van der Waals surface area contributed by atoms with Crippen LogP contribution < -0.4 is 5.73 Å². The lowest BCUT2D eigenvalue weighted by molar-refractivity contribution is -0.150. The van der Waals surface area contributed by atoms with Crippen molar-refractivity contribution in [3.05, 3.63) is 29.3 Å². The lowest BCUT2D eigenvalue weighted by Crippen LogP contribution is -2.45. The molecule has 0 radical (unpaired) electrons. The quantitative estimate of drug-likeness (QED) is 0.808. The van der Waals surface area contributed by atoms with Gasteiger partial charge in [0.2, 0.25) is 0 Å². The number of nitrogen functional groups attached to an aromatic ring is 1. The molecule has 0 unspecified atom stereocenters. The molecule has 108 valence electrons. The molecule has 0 bridgehead atoms. The summed E-state index contributed by atoms with van der Waals surface area (Å²) in [6, 6.07) is 5.23. The number of benzene rings is 1. The van der Waals surface area contributed by atoms with Crippen molar-refractivity contribution in [3.8, 4) is 0 Å². The number of hydrogen-bond acceptors (Lipinski definition) is 3. The second kappa shape index (κ2) is 5.15. The number of piperidine rings is 1. The predicted octanol–water partition coefficient (Wildman–Crippen LogP) is 1.90. The van der Waals surface area contributed by atoms with E-state index in [9.17, 15) is 14.7 Å². The van der Waals surface area contributed by atoms with E-state index in [1.807, 2.05) is 6.92 Å². The van der Waals surface area contributed by atoms with E-state index in [1.54, 1.807) is 30.0 Å². The van der Waals surface area contributed by atoms with Crippen molar-refractivity contribution in [3.63, 3.8) is 0 Å². The van der Waals surface area contributed by atoms with E-state index in [0.717, 1.165) is 5.56 Å². The third-order valence-electron chi connectivity index (χ3n) is 4.19. The van der Waals surface area contributed by atoms with Gasteiger partial charge in [-0.1, -0.05) is 0 Å². The van der Waals surface area contributed by atoms with Gasteiger partial charge in [-0.05, 0) is 50.5 Å². The smallest absolute Gasteiger partial charge is 0.309 e. The summed E-state index contributed by atoms with van der Waals surface area (Å²) in [5.74, 6) is -0.839. The minimum Gasteiger partial charge on any atom is -0.481 e. The number of aryl methyl sites for hydroxylation is 1. The van der Waals surface area contributed by atoms with Crippen LogP contribution in [-0.2, 0) is 4.79 Å². The summed E-state index contributed by atoms with van der Waals surface area (Å²) in [6.45, 7) is 4.56. The molecule has 1 saturated heterocycles. The van der Waals surface area contributed by atoms with Crippen molar-refractivity contribution in [1.29, 1.82) is 0 Å². The van der Waals surface area contributed by atoms with Crippen LogP contribution >= 0.6 is 0 Å². The first-order valence-electron chi connectivity index (χ1n) is 6.72. The number of rotatable bonds is 2. The summed E-state index contributed by atoms with van der Waals surface area (Å²) in [6.07, 6.45) is 0.976. The van der Waals surface area contributed by atoms with E-state index >= 15 is 0 Å². The molecule has 0 atom stereocenters. The Hall–Kier alpha value is -2.04. The van der Waals surface area contributed by atoms with Crippen molar-refractivity contribution in [1.82, 2.24) is 4.90 Å². The maximum atomic E-state index is 12.4. The molecule has 0 saturated carbocycles. The monoisotopic (exact) mass is 276 g/mol. The SMILES string of the molecule is Cc1cc(C(=O)N2CCC(C)(C(=O)O)CC2)ccc1N. The van der Waals surface area contributed by atoms with Gasteiger partial charge in [0, 0.05) is 24.3 Å². The number of hydrogen-bond donors (Lipinski definition) is 2. The number of carbonyl (C=O) groups excluding carboxylic acids is 1. The largest absolute Gasteiger partial charge is 0.481 e. The van der Waals surface area contributed by atoms with Gasteiger partial charge in [-0.15, -0.1) is 0 Å². The molecule has 5 heteroatoms. The summed E-state index contributed by atoms with van der Waals surface area (Å²) >= 11 is 0. The minimum atomic E-state index is -0.784. The van der Waals surface area contributed by atoms with Crippen LogP contribution in [0.3, 0.4) is 0 Å². The topological polar surface area (TPSA) is 83.6 Å². The number of likely N-dealkylation sites (tertiary alicyclic amines) is 1. The van der Waals surface area contributed by atoms with Gasteiger partial charge in [0.1, 0.15) is 0 Å². The molecule has 0 spiro atoms. The minimum absolute atomic E-state index is 0.0551. The van der Waals surface area contributed by atoms with Crippen LogP contribution in [-0.4, -0.2) is 35.0 Å². The molecule has 1 fully saturated rings. The number of anilines is 1. The molecule has 5 nitrogen and oxygen atoms in total. The Bertz CT molecular complexity index is 546. The normalized spacial score (nSPS) is 17.8. The summed E-state index contributed by atoms with van der Waals surface area (Å²) < 4.78 is 0. The summed E-state index contributed by atoms with van der Waals surface area (Å²) in [4.78, 5) is 25.3. The van der Waals surface area contributed by atoms with Gasteiger partial charge in [-0.3, -0.25) is 9.59 Å². The predicted molar refractivity (Wildman–Crippen MR) is 76.5 cm³/mol. The van der Waals surface area contributed by atoms with Crippen LogP contribution in [0.2, 0.25) is 0 Å². The van der Waals surface area contributed by atoms with Gasteiger partial charge in [0.15, 0.2) is 0 Å². The van der Waals surface area contributed by atoms with Gasteiger partial charge < -0.3 is 15.7 Å². The molecule has 1 aliphatic heterocycles. The number of carboxylic acids is 1. The molecule has 2 rings (SSSR count). The van der Waals surface area contributed by atoms with Crippen molar-refractivity contribution < 1.29 is 14.7 Å². The van der Waals surface area contributed by atoms with Crippen LogP contribution in [0.1, 0.15) is 35.7 Å². The van der Waals surface area contributed by atoms with Crippen LogP contribution in [0.25, 0.3) is 0 Å². The highest BCUT2D eigenvalue weighted by Crippen LogP contribution is 2.31. The number of amides is 1. The molecule has 20 heavy (non-hydrogen) atoms. The van der Waals surface area contributed by atoms with Crippen molar-refractivity contribution in [2.75, 3.05) is 18.8 Å². The van der Waals surface area contributed by atoms with Gasteiger partial charge in [-0.25, -0.2) is 0 Å². The fourth-order valence-electron chi connectivity index (χ4n) is 2.41. The average molecular weight is 276 g/mol. The molecule has 1 aromatic carbocycles. The highest BCUT2D eigenvalue weighted by Gasteiger charge is 2.38. The molecule has 1 amide bonds. The second-order valence-electron chi connectivity index (χ2n) is 5.73. The molecule has 1 aliphatic rings. The van der Waals surface area contributed by atoms with E-state index < -0.39 is 11.4 Å². The van der Waals surface area contributed by atoms with Gasteiger partial charge in [-0.2, -0.15) is 0 Å². The fourth-order valence-corrected chi connectivity index (χ4v) is 2.41. The zero-order valence-electron chi connectivity index (χ0n) is 11.8. The van der Waals surface area contributed by atoms with Crippen molar-refractivity contribution in [2.45, 2.75) is 26.7 Å². The maximum Gasteiger partial charge on any atom is 0.309 e. The zero-order valence-corrected chi connectivity index (χ0v) is 11.8. The third kappa shape index (κ3) is 2.61. The zero-order chi connectivity index (χ0) is 14.9. The third-order valence-corrected chi connectivity index (χ3v) is 4.19. The van der Waals surface area contributed by atoms with Crippen LogP contribution in [0.5, 0.6) is 0 Å². The standard InChI is InChI=1S/C15H20N2O3/c1-10-9-11(3-4-12(10)16)13(18)17-7-5-15(2,6-8-17)14(19)20/h3-4,9H,5-8,16H2,1-2H3,(H,19,20). The lowest BCUT2D eigenvalue weighted by atomic mass is 9.80. The molecule has 0 aromatic heterocycles. The Labute approximate surface area is 118 Å². The first-order chi connectivity index (χ1) is 9.33. The first kappa shape index (κ1) is 14.4. The number of carboxylic acid groups (broad SMARTS) is 1. The maximum absolute atomic E-state index is 12.4. The highest BCUT2D eigenvalue weighted by atomic mass is 16.4. The fraction of sp³-hybridized carbons (Fsp3) is 0.467. The van der Waals surface area contributed by atoms with Gasteiger partial charge >= 0.3 is 5.97 Å². The number of nitrogens with zero attached hydrogens (tertiary/aromatic N) is 1. The Morgan fingerprint density at radius 2 is 1.90 bits per heavy atom. The molecular formula is C15H20N2O3. The van der Waals surface area contributed by atoms with E-state index in [4.69, 9.17) is 5.73 Å². The Morgan fingerprint density at radius 1 is 1.30 bits per heavy atom. The average Bonchev–Trinajstić information content (AvgIpc) is 2.42. The molecule has 1 aromatic rings. The summed E-state index contributed by atoms with van der Waals surface area (Å²) in [5, 5.41) is 9.19. The summed E-state index contributed by atoms with van der Waals surface area (Å²) in [5.41, 5.74) is 7.18. The van der Waals surface area contributed by atoms with E-state index in [2.05, 4.69) is 0 Å². The summed E-state index contributed by atoms with van der Waals surface area (Å²) in [7, 11) is 0. The molecule has 0 aliphatic carbocycles. The van der Waals surface area contributed by atoms with Gasteiger partial charge in [0.25, 0.3) is 5.91 Å². The van der Waals surface area contributed by atoms with Gasteiger partial charge in [0.05, 0.1) is 5.41 Å². The number of carbonyl (C=O) groups is 2.